The highest BCUT2D eigenvalue weighted by atomic mass is 79.9. The van der Waals surface area contributed by atoms with E-state index in [-0.39, 0.29) is 5.82 Å². The van der Waals surface area contributed by atoms with Gasteiger partial charge >= 0.3 is 0 Å². The van der Waals surface area contributed by atoms with Gasteiger partial charge in [0.15, 0.2) is 0 Å². The first-order valence-corrected chi connectivity index (χ1v) is 6.48. The molecule has 1 nitrogen and oxygen atoms in total. The van der Waals surface area contributed by atoms with E-state index in [9.17, 15) is 9.50 Å². The van der Waals surface area contributed by atoms with Gasteiger partial charge in [0.2, 0.25) is 0 Å². The molecule has 2 aromatic rings. The summed E-state index contributed by atoms with van der Waals surface area (Å²) >= 11 is 3.33. The van der Waals surface area contributed by atoms with E-state index in [1.54, 1.807) is 12.1 Å². The van der Waals surface area contributed by atoms with Gasteiger partial charge in [0.25, 0.3) is 0 Å². The Morgan fingerprint density at radius 3 is 2.28 bits per heavy atom. The van der Waals surface area contributed by atoms with Gasteiger partial charge in [-0.2, -0.15) is 0 Å². The van der Waals surface area contributed by atoms with Crippen LogP contribution in [0.1, 0.15) is 28.4 Å². The largest absolute Gasteiger partial charge is 0.384 e. The third-order valence-corrected chi connectivity index (χ3v) is 3.47. The minimum Gasteiger partial charge on any atom is -0.384 e. The van der Waals surface area contributed by atoms with Crippen molar-refractivity contribution in [3.05, 3.63) is 68.9 Å². The molecule has 3 heteroatoms. The minimum absolute atomic E-state index is 0.350. The van der Waals surface area contributed by atoms with Crippen LogP contribution < -0.4 is 0 Å². The Hall–Kier alpha value is -1.19. The van der Waals surface area contributed by atoms with E-state index in [2.05, 4.69) is 15.9 Å². The number of hydrogen-bond donors (Lipinski definition) is 1. The van der Waals surface area contributed by atoms with Gasteiger partial charge in [-0.25, -0.2) is 4.39 Å². The number of aliphatic hydroxyl groups is 1. The van der Waals surface area contributed by atoms with Gasteiger partial charge in [0, 0.05) is 10.0 Å². The zero-order valence-corrected chi connectivity index (χ0v) is 11.8. The maximum Gasteiger partial charge on any atom is 0.129 e. The molecule has 0 fully saturated rings. The number of aryl methyl sites for hydroxylation is 2. The molecule has 1 N–H and O–H groups in total. The maximum atomic E-state index is 14.0. The minimum atomic E-state index is -0.932. The predicted molar refractivity (Wildman–Crippen MR) is 74.1 cm³/mol. The molecular weight excluding hydrogens is 295 g/mol. The number of halogens is 2. The van der Waals surface area contributed by atoms with Gasteiger partial charge in [-0.15, -0.1) is 0 Å². The van der Waals surface area contributed by atoms with Gasteiger partial charge in [0.1, 0.15) is 11.9 Å². The summed E-state index contributed by atoms with van der Waals surface area (Å²) in [6.07, 6.45) is -0.932. The Bertz CT molecular complexity index is 540. The average Bonchev–Trinajstić information content (AvgIpc) is 2.28. The highest BCUT2D eigenvalue weighted by Crippen LogP contribution is 2.28. The summed E-state index contributed by atoms with van der Waals surface area (Å²) in [5.74, 6) is -0.358. The van der Waals surface area contributed by atoms with E-state index < -0.39 is 6.10 Å². The van der Waals surface area contributed by atoms with Crippen molar-refractivity contribution in [3.8, 4) is 0 Å². The monoisotopic (exact) mass is 308 g/mol. The van der Waals surface area contributed by atoms with Crippen molar-refractivity contribution < 1.29 is 9.50 Å². The van der Waals surface area contributed by atoms with Crippen molar-refractivity contribution in [1.29, 1.82) is 0 Å². The fraction of sp³-hybridized carbons (Fsp3) is 0.200. The van der Waals surface area contributed by atoms with Crippen LogP contribution >= 0.6 is 15.9 Å². The molecule has 0 saturated carbocycles. The molecule has 0 heterocycles. The molecule has 0 spiro atoms. The molecule has 2 aromatic carbocycles. The van der Waals surface area contributed by atoms with Crippen molar-refractivity contribution in [2.75, 3.05) is 0 Å². The smallest absolute Gasteiger partial charge is 0.129 e. The summed E-state index contributed by atoms with van der Waals surface area (Å²) in [7, 11) is 0. The van der Waals surface area contributed by atoms with Crippen molar-refractivity contribution >= 4 is 15.9 Å². The van der Waals surface area contributed by atoms with E-state index in [0.717, 1.165) is 15.6 Å². The molecular formula is C15H14BrFO. The number of rotatable bonds is 2. The van der Waals surface area contributed by atoms with Gasteiger partial charge in [-0.3, -0.25) is 0 Å². The van der Waals surface area contributed by atoms with E-state index in [4.69, 9.17) is 0 Å². The summed E-state index contributed by atoms with van der Waals surface area (Å²) in [4.78, 5) is 0. The molecule has 1 unspecified atom stereocenters. The first-order chi connectivity index (χ1) is 8.49. The number of hydrogen-bond acceptors (Lipinski definition) is 1. The number of aliphatic hydroxyl groups excluding tert-OH is 1. The van der Waals surface area contributed by atoms with Crippen LogP contribution in [0.4, 0.5) is 4.39 Å². The Balaban J connectivity index is 2.46. The van der Waals surface area contributed by atoms with Crippen LogP contribution in [-0.2, 0) is 0 Å². The zero-order chi connectivity index (χ0) is 13.3. The lowest BCUT2D eigenvalue weighted by Crippen LogP contribution is -2.05. The fourth-order valence-corrected chi connectivity index (χ4v) is 2.35. The lowest BCUT2D eigenvalue weighted by molar-refractivity contribution is 0.214. The molecule has 18 heavy (non-hydrogen) atoms. The fourth-order valence-electron chi connectivity index (χ4n) is 2.08. The van der Waals surface area contributed by atoms with Crippen molar-refractivity contribution in [3.63, 3.8) is 0 Å². The van der Waals surface area contributed by atoms with Gasteiger partial charge < -0.3 is 5.11 Å². The molecule has 0 radical (unpaired) electrons. The van der Waals surface area contributed by atoms with Gasteiger partial charge in [-0.1, -0.05) is 34.1 Å². The highest BCUT2D eigenvalue weighted by molar-refractivity contribution is 9.10. The summed E-state index contributed by atoms with van der Waals surface area (Å²) in [6, 6.07) is 10.6. The molecule has 0 amide bonds. The van der Waals surface area contributed by atoms with Gasteiger partial charge in [0.05, 0.1) is 0 Å². The van der Waals surface area contributed by atoms with Crippen LogP contribution in [0.15, 0.2) is 40.9 Å². The normalized spacial score (nSPS) is 12.5. The number of benzene rings is 2. The topological polar surface area (TPSA) is 20.2 Å². The van der Waals surface area contributed by atoms with E-state index in [1.807, 2.05) is 32.0 Å². The lowest BCUT2D eigenvalue weighted by Gasteiger charge is -2.16. The Labute approximate surface area is 114 Å². The van der Waals surface area contributed by atoms with Crippen molar-refractivity contribution in [2.24, 2.45) is 0 Å². The SMILES string of the molecule is Cc1cc(C)c(C(O)c2ccc(Br)cc2)c(F)c1. The molecule has 94 valence electrons. The third-order valence-electron chi connectivity index (χ3n) is 2.94. The molecule has 0 saturated heterocycles. The molecule has 2 rings (SSSR count). The third kappa shape index (κ3) is 2.62. The first kappa shape index (κ1) is 13.2. The average molecular weight is 309 g/mol. The molecule has 0 aliphatic rings. The van der Waals surface area contributed by atoms with Crippen LogP contribution in [0, 0.1) is 19.7 Å². The standard InChI is InChI=1S/C15H14BrFO/c1-9-7-10(2)14(13(17)8-9)15(18)11-3-5-12(16)6-4-11/h3-8,15,18H,1-2H3. The van der Waals surface area contributed by atoms with Crippen LogP contribution in [0.2, 0.25) is 0 Å². The molecule has 0 aliphatic heterocycles. The van der Waals surface area contributed by atoms with E-state index in [1.165, 1.54) is 6.07 Å². The maximum absolute atomic E-state index is 14.0. The summed E-state index contributed by atoms with van der Waals surface area (Å²) in [5, 5.41) is 10.3. The Morgan fingerprint density at radius 1 is 1.11 bits per heavy atom. The first-order valence-electron chi connectivity index (χ1n) is 5.69. The Kier molecular flexibility index (Phi) is 3.83. The van der Waals surface area contributed by atoms with Crippen LogP contribution in [0.25, 0.3) is 0 Å². The molecule has 1 atom stereocenters. The second-order valence-electron chi connectivity index (χ2n) is 4.43. The molecule has 0 bridgehead atoms. The van der Waals surface area contributed by atoms with E-state index in [0.29, 0.717) is 11.1 Å². The second kappa shape index (κ2) is 5.21. The quantitative estimate of drug-likeness (QED) is 0.877. The summed E-state index contributed by atoms with van der Waals surface area (Å²) in [6.45, 7) is 3.65. The van der Waals surface area contributed by atoms with E-state index >= 15 is 0 Å². The summed E-state index contributed by atoms with van der Waals surface area (Å²) < 4.78 is 14.9. The van der Waals surface area contributed by atoms with Crippen molar-refractivity contribution in [1.82, 2.24) is 0 Å². The van der Waals surface area contributed by atoms with Gasteiger partial charge in [-0.05, 0) is 48.7 Å². The van der Waals surface area contributed by atoms with Crippen LogP contribution in [0.3, 0.4) is 0 Å². The molecule has 0 aromatic heterocycles. The summed E-state index contributed by atoms with van der Waals surface area (Å²) in [5.41, 5.74) is 2.66. The zero-order valence-electron chi connectivity index (χ0n) is 10.2. The second-order valence-corrected chi connectivity index (χ2v) is 5.35. The van der Waals surface area contributed by atoms with Crippen LogP contribution in [-0.4, -0.2) is 5.11 Å². The van der Waals surface area contributed by atoms with Crippen molar-refractivity contribution in [2.45, 2.75) is 20.0 Å². The Morgan fingerprint density at radius 2 is 1.72 bits per heavy atom. The highest BCUT2D eigenvalue weighted by Gasteiger charge is 2.17. The predicted octanol–water partition coefficient (Wildman–Crippen LogP) is 4.29. The molecule has 0 aliphatic carbocycles. The lowest BCUT2D eigenvalue weighted by atomic mass is 9.95. The van der Waals surface area contributed by atoms with Crippen LogP contribution in [0.5, 0.6) is 0 Å².